The van der Waals surface area contributed by atoms with Crippen LogP contribution in [0.25, 0.3) is 0 Å². The second-order valence-electron chi connectivity index (χ2n) is 3.52. The Morgan fingerprint density at radius 1 is 1.33 bits per heavy atom. The third-order valence-electron chi connectivity index (χ3n) is 2.35. The van der Waals surface area contributed by atoms with Gasteiger partial charge in [-0.05, 0) is 17.5 Å². The zero-order chi connectivity index (χ0) is 11.1. The summed E-state index contributed by atoms with van der Waals surface area (Å²) in [4.78, 5) is 11.6. The van der Waals surface area contributed by atoms with E-state index in [0.29, 0.717) is 19.4 Å². The monoisotopic (exact) mass is 203 g/mol. The number of rotatable bonds is 6. The SMILES string of the molecule is C=CCCC(=O)Cc1ccccc1CN. The highest BCUT2D eigenvalue weighted by molar-refractivity contribution is 5.81. The summed E-state index contributed by atoms with van der Waals surface area (Å²) in [6.45, 7) is 4.09. The number of nitrogens with two attached hydrogens (primary N) is 1. The van der Waals surface area contributed by atoms with Crippen LogP contribution in [0.1, 0.15) is 24.0 Å². The lowest BCUT2D eigenvalue weighted by atomic mass is 10.0. The Morgan fingerprint density at radius 2 is 2.00 bits per heavy atom. The Labute approximate surface area is 90.8 Å². The second kappa shape index (κ2) is 6.14. The van der Waals surface area contributed by atoms with E-state index in [1.807, 2.05) is 24.3 Å². The van der Waals surface area contributed by atoms with Gasteiger partial charge < -0.3 is 5.73 Å². The summed E-state index contributed by atoms with van der Waals surface area (Å²) in [5.74, 6) is 0.246. The van der Waals surface area contributed by atoms with E-state index in [1.54, 1.807) is 6.08 Å². The number of carbonyl (C=O) groups excluding carboxylic acids is 1. The van der Waals surface area contributed by atoms with Crippen LogP contribution in [0.15, 0.2) is 36.9 Å². The van der Waals surface area contributed by atoms with Gasteiger partial charge in [-0.1, -0.05) is 30.3 Å². The van der Waals surface area contributed by atoms with Crippen molar-refractivity contribution in [1.82, 2.24) is 0 Å². The number of benzene rings is 1. The molecule has 0 unspecified atom stereocenters. The lowest BCUT2D eigenvalue weighted by Gasteiger charge is -2.05. The molecule has 0 bridgehead atoms. The number of ketones is 1. The predicted molar refractivity (Wildman–Crippen MR) is 62.5 cm³/mol. The molecule has 1 rings (SSSR count). The van der Waals surface area contributed by atoms with E-state index in [9.17, 15) is 4.79 Å². The lowest BCUT2D eigenvalue weighted by Crippen LogP contribution is -2.07. The van der Waals surface area contributed by atoms with Crippen molar-refractivity contribution in [2.45, 2.75) is 25.8 Å². The first-order valence-electron chi connectivity index (χ1n) is 5.17. The van der Waals surface area contributed by atoms with Crippen LogP contribution in [0.4, 0.5) is 0 Å². The van der Waals surface area contributed by atoms with Gasteiger partial charge in [-0.15, -0.1) is 6.58 Å². The van der Waals surface area contributed by atoms with Crippen molar-refractivity contribution in [3.05, 3.63) is 48.0 Å². The average molecular weight is 203 g/mol. The minimum absolute atomic E-state index is 0.246. The molecule has 1 aromatic carbocycles. The largest absolute Gasteiger partial charge is 0.326 e. The summed E-state index contributed by atoms with van der Waals surface area (Å²) in [5.41, 5.74) is 7.71. The molecule has 0 spiro atoms. The summed E-state index contributed by atoms with van der Waals surface area (Å²) < 4.78 is 0. The van der Waals surface area contributed by atoms with E-state index < -0.39 is 0 Å². The number of hydrogen-bond donors (Lipinski definition) is 1. The Hall–Kier alpha value is -1.41. The van der Waals surface area contributed by atoms with E-state index in [4.69, 9.17) is 5.73 Å². The highest BCUT2D eigenvalue weighted by Gasteiger charge is 2.05. The standard InChI is InChI=1S/C13H17NO/c1-2-3-8-13(15)9-11-6-4-5-7-12(11)10-14/h2,4-7H,1,3,8-10,14H2. The zero-order valence-corrected chi connectivity index (χ0v) is 8.91. The van der Waals surface area contributed by atoms with Crippen LogP contribution in [0.5, 0.6) is 0 Å². The van der Waals surface area contributed by atoms with Crippen molar-refractivity contribution in [2.75, 3.05) is 0 Å². The van der Waals surface area contributed by atoms with Crippen LogP contribution >= 0.6 is 0 Å². The van der Waals surface area contributed by atoms with Gasteiger partial charge in [0.2, 0.25) is 0 Å². The fourth-order valence-corrected chi connectivity index (χ4v) is 1.49. The molecule has 0 radical (unpaired) electrons. The maximum atomic E-state index is 11.6. The zero-order valence-electron chi connectivity index (χ0n) is 8.91. The molecule has 15 heavy (non-hydrogen) atoms. The van der Waals surface area contributed by atoms with E-state index in [-0.39, 0.29) is 5.78 Å². The molecule has 80 valence electrons. The molecular formula is C13H17NO. The van der Waals surface area contributed by atoms with Crippen LogP contribution < -0.4 is 5.73 Å². The molecule has 2 nitrogen and oxygen atoms in total. The molecule has 0 aliphatic carbocycles. The molecule has 2 heteroatoms. The number of Topliss-reactive ketones (excluding diaryl/α,β-unsaturated/α-hetero) is 1. The van der Waals surface area contributed by atoms with E-state index in [1.165, 1.54) is 0 Å². The average Bonchev–Trinajstić information content (AvgIpc) is 2.27. The van der Waals surface area contributed by atoms with Gasteiger partial charge in [-0.3, -0.25) is 4.79 Å². The van der Waals surface area contributed by atoms with Crippen molar-refractivity contribution in [3.63, 3.8) is 0 Å². The smallest absolute Gasteiger partial charge is 0.137 e. The second-order valence-corrected chi connectivity index (χ2v) is 3.52. The minimum Gasteiger partial charge on any atom is -0.326 e. The topological polar surface area (TPSA) is 43.1 Å². The van der Waals surface area contributed by atoms with Gasteiger partial charge in [0.25, 0.3) is 0 Å². The maximum Gasteiger partial charge on any atom is 0.137 e. The first-order chi connectivity index (χ1) is 7.27. The summed E-state index contributed by atoms with van der Waals surface area (Å²) >= 11 is 0. The normalized spacial score (nSPS) is 9.93. The van der Waals surface area contributed by atoms with Gasteiger partial charge in [0.1, 0.15) is 5.78 Å². The van der Waals surface area contributed by atoms with E-state index >= 15 is 0 Å². The summed E-state index contributed by atoms with van der Waals surface area (Å²) in [5, 5.41) is 0. The lowest BCUT2D eigenvalue weighted by molar-refractivity contribution is -0.118. The quantitative estimate of drug-likeness (QED) is 0.720. The fraction of sp³-hybridized carbons (Fsp3) is 0.308. The number of carbonyl (C=O) groups is 1. The highest BCUT2D eigenvalue weighted by atomic mass is 16.1. The van der Waals surface area contributed by atoms with Crippen molar-refractivity contribution in [1.29, 1.82) is 0 Å². The summed E-state index contributed by atoms with van der Waals surface area (Å²) in [6, 6.07) is 7.82. The third-order valence-corrected chi connectivity index (χ3v) is 2.35. The Kier molecular flexibility index (Phi) is 4.78. The van der Waals surface area contributed by atoms with Crippen molar-refractivity contribution < 1.29 is 4.79 Å². The molecule has 0 aliphatic heterocycles. The molecule has 0 aliphatic rings. The molecule has 0 fully saturated rings. The first kappa shape index (κ1) is 11.7. The van der Waals surface area contributed by atoms with E-state index in [0.717, 1.165) is 17.5 Å². The van der Waals surface area contributed by atoms with Crippen molar-refractivity contribution in [3.8, 4) is 0 Å². The maximum absolute atomic E-state index is 11.6. The van der Waals surface area contributed by atoms with Gasteiger partial charge >= 0.3 is 0 Å². The van der Waals surface area contributed by atoms with Gasteiger partial charge in [0, 0.05) is 19.4 Å². The number of allylic oxidation sites excluding steroid dienone is 1. The van der Waals surface area contributed by atoms with E-state index in [2.05, 4.69) is 6.58 Å². The Morgan fingerprint density at radius 3 is 2.60 bits per heavy atom. The highest BCUT2D eigenvalue weighted by Crippen LogP contribution is 2.10. The van der Waals surface area contributed by atoms with Crippen molar-refractivity contribution in [2.24, 2.45) is 5.73 Å². The Balaban J connectivity index is 2.63. The van der Waals surface area contributed by atoms with Crippen LogP contribution in [-0.4, -0.2) is 5.78 Å². The Bertz CT molecular complexity index is 344. The summed E-state index contributed by atoms with van der Waals surface area (Å²) in [7, 11) is 0. The van der Waals surface area contributed by atoms with Gasteiger partial charge in [0.05, 0.1) is 0 Å². The van der Waals surface area contributed by atoms with Crippen LogP contribution in [0, 0.1) is 0 Å². The minimum atomic E-state index is 0.246. The van der Waals surface area contributed by atoms with Crippen LogP contribution in [0.2, 0.25) is 0 Å². The fourth-order valence-electron chi connectivity index (χ4n) is 1.49. The molecule has 0 saturated carbocycles. The number of hydrogen-bond acceptors (Lipinski definition) is 2. The molecular weight excluding hydrogens is 186 g/mol. The van der Waals surface area contributed by atoms with Crippen LogP contribution in [-0.2, 0) is 17.8 Å². The van der Waals surface area contributed by atoms with Gasteiger partial charge in [0.15, 0.2) is 0 Å². The van der Waals surface area contributed by atoms with Crippen LogP contribution in [0.3, 0.4) is 0 Å². The molecule has 0 aromatic heterocycles. The molecule has 1 aromatic rings. The molecule has 0 heterocycles. The molecule has 2 N–H and O–H groups in total. The molecule has 0 amide bonds. The van der Waals surface area contributed by atoms with Crippen molar-refractivity contribution >= 4 is 5.78 Å². The molecule has 0 atom stereocenters. The molecule has 0 saturated heterocycles. The van der Waals surface area contributed by atoms with Gasteiger partial charge in [-0.2, -0.15) is 0 Å². The van der Waals surface area contributed by atoms with Gasteiger partial charge in [-0.25, -0.2) is 0 Å². The predicted octanol–water partition coefficient (Wildman–Crippen LogP) is 2.22. The first-order valence-corrected chi connectivity index (χ1v) is 5.17. The third kappa shape index (κ3) is 3.68. The summed E-state index contributed by atoms with van der Waals surface area (Å²) in [6.07, 6.45) is 3.58.